The van der Waals surface area contributed by atoms with Crippen molar-refractivity contribution in [2.75, 3.05) is 19.7 Å². The molecule has 0 unspecified atom stereocenters. The van der Waals surface area contributed by atoms with Crippen LogP contribution in [0.5, 0.6) is 0 Å². The van der Waals surface area contributed by atoms with Gasteiger partial charge in [0.2, 0.25) is 0 Å². The van der Waals surface area contributed by atoms with Crippen molar-refractivity contribution in [3.63, 3.8) is 0 Å². The van der Waals surface area contributed by atoms with Crippen LogP contribution in [0.3, 0.4) is 0 Å². The molecular formula is C13H19N3O. The van der Waals surface area contributed by atoms with Crippen LogP contribution in [0.2, 0.25) is 0 Å². The fourth-order valence-electron chi connectivity index (χ4n) is 2.73. The smallest absolute Gasteiger partial charge is 0.132 e. The molecule has 17 heavy (non-hydrogen) atoms. The Morgan fingerprint density at radius 1 is 1.24 bits per heavy atom. The second-order valence-corrected chi connectivity index (χ2v) is 4.92. The molecule has 4 heteroatoms. The van der Waals surface area contributed by atoms with Crippen molar-refractivity contribution in [1.82, 2.24) is 15.3 Å². The summed E-state index contributed by atoms with van der Waals surface area (Å²) in [5.41, 5.74) is 3.60. The third-order valence-corrected chi connectivity index (χ3v) is 3.76. The second kappa shape index (κ2) is 4.70. The molecule has 1 aromatic heterocycles. The number of hydrogen-bond acceptors (Lipinski definition) is 4. The van der Waals surface area contributed by atoms with E-state index in [1.54, 1.807) is 0 Å². The summed E-state index contributed by atoms with van der Waals surface area (Å²) in [7, 11) is 0. The van der Waals surface area contributed by atoms with E-state index < -0.39 is 0 Å². The van der Waals surface area contributed by atoms with Crippen LogP contribution in [-0.4, -0.2) is 29.7 Å². The number of piperidine rings is 1. The Labute approximate surface area is 102 Å². The third kappa shape index (κ3) is 2.19. The lowest BCUT2D eigenvalue weighted by Gasteiger charge is -2.24. The molecule has 0 aliphatic carbocycles. The minimum absolute atomic E-state index is 0.530. The molecule has 2 aliphatic heterocycles. The summed E-state index contributed by atoms with van der Waals surface area (Å²) in [6, 6.07) is 0. The quantitative estimate of drug-likeness (QED) is 0.795. The van der Waals surface area contributed by atoms with E-state index in [4.69, 9.17) is 14.7 Å². The molecule has 2 aliphatic rings. The molecule has 0 amide bonds. The van der Waals surface area contributed by atoms with Gasteiger partial charge in [0, 0.05) is 11.6 Å². The zero-order valence-electron chi connectivity index (χ0n) is 10.3. The number of aromatic nitrogens is 2. The Morgan fingerprint density at radius 2 is 2.06 bits per heavy atom. The van der Waals surface area contributed by atoms with Crippen LogP contribution in [0.25, 0.3) is 0 Å². The van der Waals surface area contributed by atoms with Crippen molar-refractivity contribution in [1.29, 1.82) is 0 Å². The van der Waals surface area contributed by atoms with E-state index in [1.807, 2.05) is 0 Å². The van der Waals surface area contributed by atoms with Gasteiger partial charge in [-0.15, -0.1) is 0 Å². The van der Waals surface area contributed by atoms with Gasteiger partial charge in [-0.05, 0) is 44.8 Å². The number of ether oxygens (including phenoxy) is 1. The zero-order valence-corrected chi connectivity index (χ0v) is 10.3. The standard InChI is InChI=1S/C13H19N3O/c1-9-11-4-7-17-8-12(11)16-13(15-9)10-2-5-14-6-3-10/h10,14H,2-8H2,1H3. The molecule has 1 N–H and O–H groups in total. The Kier molecular flexibility index (Phi) is 3.07. The zero-order chi connectivity index (χ0) is 11.7. The van der Waals surface area contributed by atoms with Crippen LogP contribution >= 0.6 is 0 Å². The molecule has 1 aromatic rings. The van der Waals surface area contributed by atoms with E-state index in [-0.39, 0.29) is 0 Å². The maximum absolute atomic E-state index is 5.49. The lowest BCUT2D eigenvalue weighted by atomic mass is 9.96. The molecule has 1 saturated heterocycles. The third-order valence-electron chi connectivity index (χ3n) is 3.76. The predicted octanol–water partition coefficient (Wildman–Crippen LogP) is 1.32. The van der Waals surface area contributed by atoms with Crippen LogP contribution in [0.4, 0.5) is 0 Å². The first-order valence-corrected chi connectivity index (χ1v) is 6.49. The highest BCUT2D eigenvalue weighted by Crippen LogP contribution is 2.25. The highest BCUT2D eigenvalue weighted by Gasteiger charge is 2.22. The van der Waals surface area contributed by atoms with Gasteiger partial charge in [-0.2, -0.15) is 0 Å². The van der Waals surface area contributed by atoms with Gasteiger partial charge in [-0.25, -0.2) is 9.97 Å². The summed E-state index contributed by atoms with van der Waals surface area (Å²) in [6.45, 7) is 5.75. The number of hydrogen-bond donors (Lipinski definition) is 1. The number of aryl methyl sites for hydroxylation is 1. The summed E-state index contributed by atoms with van der Waals surface area (Å²) >= 11 is 0. The lowest BCUT2D eigenvalue weighted by Crippen LogP contribution is -2.28. The monoisotopic (exact) mass is 233 g/mol. The minimum Gasteiger partial charge on any atom is -0.375 e. The number of nitrogens with one attached hydrogen (secondary N) is 1. The molecule has 0 saturated carbocycles. The lowest BCUT2D eigenvalue weighted by molar-refractivity contribution is 0.106. The average Bonchev–Trinajstić information content (AvgIpc) is 2.40. The van der Waals surface area contributed by atoms with Gasteiger partial charge in [-0.3, -0.25) is 0 Å². The molecule has 0 radical (unpaired) electrons. The second-order valence-electron chi connectivity index (χ2n) is 4.92. The molecule has 4 nitrogen and oxygen atoms in total. The van der Waals surface area contributed by atoms with Crippen LogP contribution in [0.1, 0.15) is 41.5 Å². The van der Waals surface area contributed by atoms with Crippen LogP contribution < -0.4 is 5.32 Å². The highest BCUT2D eigenvalue weighted by atomic mass is 16.5. The highest BCUT2D eigenvalue weighted by molar-refractivity contribution is 5.27. The van der Waals surface area contributed by atoms with Gasteiger partial charge in [0.15, 0.2) is 0 Å². The number of rotatable bonds is 1. The van der Waals surface area contributed by atoms with E-state index in [0.29, 0.717) is 12.5 Å². The van der Waals surface area contributed by atoms with E-state index in [9.17, 15) is 0 Å². The van der Waals surface area contributed by atoms with Crippen LogP contribution in [-0.2, 0) is 17.8 Å². The summed E-state index contributed by atoms with van der Waals surface area (Å²) < 4.78 is 5.49. The Morgan fingerprint density at radius 3 is 2.88 bits per heavy atom. The first-order valence-electron chi connectivity index (χ1n) is 6.49. The molecule has 1 fully saturated rings. The van der Waals surface area contributed by atoms with Gasteiger partial charge in [-0.1, -0.05) is 0 Å². The summed E-state index contributed by atoms with van der Waals surface area (Å²) in [6.07, 6.45) is 3.27. The molecular weight excluding hydrogens is 214 g/mol. The van der Waals surface area contributed by atoms with Gasteiger partial charge in [0.05, 0.1) is 18.9 Å². The van der Waals surface area contributed by atoms with Crippen LogP contribution in [0, 0.1) is 6.92 Å². The first-order chi connectivity index (χ1) is 8.34. The summed E-state index contributed by atoms with van der Waals surface area (Å²) in [5.74, 6) is 1.57. The van der Waals surface area contributed by atoms with Crippen molar-refractivity contribution >= 4 is 0 Å². The summed E-state index contributed by atoms with van der Waals surface area (Å²) in [4.78, 5) is 9.45. The normalized spacial score (nSPS) is 21.2. The van der Waals surface area contributed by atoms with Crippen molar-refractivity contribution in [2.24, 2.45) is 0 Å². The molecule has 0 aromatic carbocycles. The van der Waals surface area contributed by atoms with Gasteiger partial charge >= 0.3 is 0 Å². The van der Waals surface area contributed by atoms with Gasteiger partial charge in [0.25, 0.3) is 0 Å². The Balaban J connectivity index is 1.92. The SMILES string of the molecule is Cc1nc(C2CCNCC2)nc2c1CCOC2. The van der Waals surface area contributed by atoms with E-state index in [0.717, 1.165) is 56.2 Å². The maximum atomic E-state index is 5.49. The average molecular weight is 233 g/mol. The molecule has 3 rings (SSSR count). The van der Waals surface area contributed by atoms with Crippen molar-refractivity contribution in [3.8, 4) is 0 Å². The fourth-order valence-corrected chi connectivity index (χ4v) is 2.73. The molecule has 0 spiro atoms. The molecule has 3 heterocycles. The maximum Gasteiger partial charge on any atom is 0.132 e. The molecule has 92 valence electrons. The largest absolute Gasteiger partial charge is 0.375 e. The van der Waals surface area contributed by atoms with Gasteiger partial charge in [0.1, 0.15) is 5.82 Å². The van der Waals surface area contributed by atoms with E-state index in [2.05, 4.69) is 12.2 Å². The first kappa shape index (κ1) is 11.1. The molecule has 0 atom stereocenters. The summed E-state index contributed by atoms with van der Waals surface area (Å²) in [5, 5.41) is 3.38. The minimum atomic E-state index is 0.530. The van der Waals surface area contributed by atoms with Crippen LogP contribution in [0.15, 0.2) is 0 Å². The van der Waals surface area contributed by atoms with Crippen molar-refractivity contribution in [3.05, 3.63) is 22.8 Å². The fraction of sp³-hybridized carbons (Fsp3) is 0.692. The topological polar surface area (TPSA) is 47.0 Å². The number of fused-ring (bicyclic) bond motifs is 1. The van der Waals surface area contributed by atoms with Crippen molar-refractivity contribution in [2.45, 2.75) is 38.7 Å². The predicted molar refractivity (Wildman–Crippen MR) is 65.0 cm³/mol. The Hall–Kier alpha value is -1.00. The van der Waals surface area contributed by atoms with E-state index in [1.165, 1.54) is 5.56 Å². The Bertz CT molecular complexity index is 413. The molecule has 0 bridgehead atoms. The number of nitrogens with zero attached hydrogens (tertiary/aromatic N) is 2. The van der Waals surface area contributed by atoms with Gasteiger partial charge < -0.3 is 10.1 Å². The van der Waals surface area contributed by atoms with E-state index >= 15 is 0 Å². The van der Waals surface area contributed by atoms with Crippen molar-refractivity contribution < 1.29 is 4.74 Å².